The standard InChI is InChI=1S/C9H11NS.C2H6/c1-3-9(11-4-2)8-5-6-10-7-8;1-2/h3-7,10H,2H2,1H3;1-2H3/b9-3-;. The molecule has 0 spiro atoms. The highest BCUT2D eigenvalue weighted by atomic mass is 32.2. The molecule has 1 heterocycles. The summed E-state index contributed by atoms with van der Waals surface area (Å²) < 4.78 is 0. The molecular weight excluding hydrogens is 178 g/mol. The van der Waals surface area contributed by atoms with E-state index in [1.54, 1.807) is 11.8 Å². The summed E-state index contributed by atoms with van der Waals surface area (Å²) in [6, 6.07) is 2.05. The van der Waals surface area contributed by atoms with E-state index < -0.39 is 0 Å². The van der Waals surface area contributed by atoms with Crippen molar-refractivity contribution >= 4 is 16.7 Å². The summed E-state index contributed by atoms with van der Waals surface area (Å²) >= 11 is 1.64. The van der Waals surface area contributed by atoms with Crippen LogP contribution < -0.4 is 0 Å². The summed E-state index contributed by atoms with van der Waals surface area (Å²) in [5.41, 5.74) is 1.22. The first kappa shape index (κ1) is 12.1. The highest BCUT2D eigenvalue weighted by Crippen LogP contribution is 2.26. The molecule has 0 aliphatic carbocycles. The maximum atomic E-state index is 3.67. The van der Waals surface area contributed by atoms with Gasteiger partial charge in [0.2, 0.25) is 0 Å². The number of H-pyrrole nitrogens is 1. The Balaban J connectivity index is 0.000000671. The quantitative estimate of drug-likeness (QED) is 0.761. The molecule has 1 N–H and O–H groups in total. The minimum atomic E-state index is 1.22. The van der Waals surface area contributed by atoms with Gasteiger partial charge in [-0.3, -0.25) is 0 Å². The van der Waals surface area contributed by atoms with Gasteiger partial charge in [0.15, 0.2) is 0 Å². The van der Waals surface area contributed by atoms with Crippen molar-refractivity contribution in [1.29, 1.82) is 0 Å². The Bertz CT molecular complexity index is 247. The number of thioether (sulfide) groups is 1. The van der Waals surface area contributed by atoms with Gasteiger partial charge in [0.25, 0.3) is 0 Å². The zero-order valence-electron chi connectivity index (χ0n) is 8.50. The van der Waals surface area contributed by atoms with E-state index in [1.807, 2.05) is 44.6 Å². The molecule has 0 aliphatic rings. The molecule has 0 unspecified atom stereocenters. The Morgan fingerprint density at radius 2 is 2.23 bits per heavy atom. The van der Waals surface area contributed by atoms with Gasteiger partial charge in [-0.2, -0.15) is 0 Å². The summed E-state index contributed by atoms with van der Waals surface area (Å²) in [5, 5.41) is 1.84. The maximum absolute atomic E-state index is 3.67. The zero-order valence-corrected chi connectivity index (χ0v) is 9.32. The maximum Gasteiger partial charge on any atom is 0.0161 e. The molecule has 0 aliphatic heterocycles. The molecule has 0 saturated carbocycles. The lowest BCUT2D eigenvalue weighted by atomic mass is 10.3. The summed E-state index contributed by atoms with van der Waals surface area (Å²) in [6.07, 6.45) is 5.98. The average Bonchev–Trinajstić information content (AvgIpc) is 2.70. The average molecular weight is 195 g/mol. The second-order valence-corrected chi connectivity index (χ2v) is 3.05. The van der Waals surface area contributed by atoms with Crippen molar-refractivity contribution in [2.45, 2.75) is 20.8 Å². The van der Waals surface area contributed by atoms with Gasteiger partial charge >= 0.3 is 0 Å². The molecule has 1 aromatic heterocycles. The van der Waals surface area contributed by atoms with Crippen molar-refractivity contribution < 1.29 is 0 Å². The van der Waals surface area contributed by atoms with Crippen LogP contribution in [-0.4, -0.2) is 4.98 Å². The van der Waals surface area contributed by atoms with Gasteiger partial charge in [-0.15, -0.1) is 0 Å². The number of hydrogen-bond acceptors (Lipinski definition) is 1. The second kappa shape index (κ2) is 7.74. The smallest absolute Gasteiger partial charge is 0.0161 e. The lowest BCUT2D eigenvalue weighted by Gasteiger charge is -1.97. The van der Waals surface area contributed by atoms with Gasteiger partial charge in [-0.05, 0) is 18.4 Å². The Hall–Kier alpha value is -0.890. The van der Waals surface area contributed by atoms with Crippen molar-refractivity contribution in [3.8, 4) is 0 Å². The summed E-state index contributed by atoms with van der Waals surface area (Å²) in [7, 11) is 0. The monoisotopic (exact) mass is 195 g/mol. The molecule has 0 atom stereocenters. The zero-order chi connectivity index (χ0) is 10.1. The third-order valence-corrected chi connectivity index (χ3v) is 2.25. The normalized spacial score (nSPS) is 10.2. The van der Waals surface area contributed by atoms with Crippen LogP contribution in [0.25, 0.3) is 4.91 Å². The van der Waals surface area contributed by atoms with E-state index in [9.17, 15) is 0 Å². The Labute approximate surface area is 84.9 Å². The molecule has 0 amide bonds. The van der Waals surface area contributed by atoms with Gasteiger partial charge < -0.3 is 4.98 Å². The molecule has 1 aromatic rings. The predicted molar refractivity (Wildman–Crippen MR) is 63.6 cm³/mol. The molecule has 72 valence electrons. The van der Waals surface area contributed by atoms with Gasteiger partial charge in [-0.25, -0.2) is 0 Å². The third kappa shape index (κ3) is 4.04. The largest absolute Gasteiger partial charge is 0.367 e. The Kier molecular flexibility index (Phi) is 7.21. The summed E-state index contributed by atoms with van der Waals surface area (Å²) in [6.45, 7) is 9.70. The topological polar surface area (TPSA) is 15.8 Å². The number of allylic oxidation sites excluding steroid dienone is 1. The molecule has 0 radical (unpaired) electrons. The van der Waals surface area contributed by atoms with Crippen LogP contribution in [0.4, 0.5) is 0 Å². The Morgan fingerprint density at radius 1 is 1.54 bits per heavy atom. The molecule has 0 aromatic carbocycles. The number of rotatable bonds is 3. The van der Waals surface area contributed by atoms with E-state index in [0.29, 0.717) is 0 Å². The predicted octanol–water partition coefficient (Wildman–Crippen LogP) is 4.28. The minimum Gasteiger partial charge on any atom is -0.367 e. The third-order valence-electron chi connectivity index (χ3n) is 1.35. The van der Waals surface area contributed by atoms with E-state index in [1.165, 1.54) is 10.5 Å². The second-order valence-electron chi connectivity index (χ2n) is 2.04. The molecule has 0 fully saturated rings. The van der Waals surface area contributed by atoms with E-state index in [4.69, 9.17) is 0 Å². The Morgan fingerprint density at radius 3 is 2.62 bits per heavy atom. The fourth-order valence-electron chi connectivity index (χ4n) is 0.870. The van der Waals surface area contributed by atoms with Crippen LogP contribution >= 0.6 is 11.8 Å². The lowest BCUT2D eigenvalue weighted by molar-refractivity contribution is 1.41. The van der Waals surface area contributed by atoms with Crippen molar-refractivity contribution in [3.63, 3.8) is 0 Å². The van der Waals surface area contributed by atoms with Gasteiger partial charge in [0, 0.05) is 22.9 Å². The molecule has 13 heavy (non-hydrogen) atoms. The SMILES string of the molecule is C=CS/C(=C\C)c1cc[nH]c1.CC. The fraction of sp³-hybridized carbons (Fsp3) is 0.273. The number of aromatic nitrogens is 1. The highest BCUT2D eigenvalue weighted by Gasteiger charge is 1.97. The van der Waals surface area contributed by atoms with Crippen LogP contribution in [0.3, 0.4) is 0 Å². The van der Waals surface area contributed by atoms with Crippen molar-refractivity contribution in [2.24, 2.45) is 0 Å². The molecule has 1 rings (SSSR count). The lowest BCUT2D eigenvalue weighted by Crippen LogP contribution is -1.70. The molecule has 1 nitrogen and oxygen atoms in total. The first-order valence-electron chi connectivity index (χ1n) is 4.45. The van der Waals surface area contributed by atoms with Gasteiger partial charge in [0.1, 0.15) is 0 Å². The summed E-state index contributed by atoms with van der Waals surface area (Å²) in [5.74, 6) is 0. The first-order chi connectivity index (χ1) is 6.38. The van der Waals surface area contributed by atoms with E-state index in [-0.39, 0.29) is 0 Å². The van der Waals surface area contributed by atoms with Crippen LogP contribution in [0.5, 0.6) is 0 Å². The van der Waals surface area contributed by atoms with E-state index in [2.05, 4.69) is 17.6 Å². The van der Waals surface area contributed by atoms with Gasteiger partial charge in [-0.1, -0.05) is 38.3 Å². The van der Waals surface area contributed by atoms with Crippen LogP contribution in [0.15, 0.2) is 36.5 Å². The van der Waals surface area contributed by atoms with Crippen molar-refractivity contribution in [1.82, 2.24) is 4.98 Å². The molecule has 2 heteroatoms. The van der Waals surface area contributed by atoms with Crippen molar-refractivity contribution in [3.05, 3.63) is 42.1 Å². The van der Waals surface area contributed by atoms with Crippen LogP contribution in [0.1, 0.15) is 26.3 Å². The molecule has 0 saturated heterocycles. The first-order valence-corrected chi connectivity index (χ1v) is 5.33. The fourth-order valence-corrected chi connectivity index (χ4v) is 1.45. The number of aromatic amines is 1. The minimum absolute atomic E-state index is 1.22. The van der Waals surface area contributed by atoms with E-state index in [0.717, 1.165) is 0 Å². The van der Waals surface area contributed by atoms with Crippen LogP contribution in [-0.2, 0) is 0 Å². The highest BCUT2D eigenvalue weighted by molar-refractivity contribution is 8.10. The van der Waals surface area contributed by atoms with Crippen LogP contribution in [0, 0.1) is 0 Å². The molecular formula is C11H17NS. The number of hydrogen-bond donors (Lipinski definition) is 1. The van der Waals surface area contributed by atoms with Crippen LogP contribution in [0.2, 0.25) is 0 Å². The van der Waals surface area contributed by atoms with E-state index >= 15 is 0 Å². The van der Waals surface area contributed by atoms with Gasteiger partial charge in [0.05, 0.1) is 0 Å². The van der Waals surface area contributed by atoms with Crippen molar-refractivity contribution in [2.75, 3.05) is 0 Å². The summed E-state index contributed by atoms with van der Waals surface area (Å²) in [4.78, 5) is 4.25. The molecule has 0 bridgehead atoms. The number of nitrogens with one attached hydrogen (secondary N) is 1.